The summed E-state index contributed by atoms with van der Waals surface area (Å²) in [5.74, 6) is 2.38. The fourth-order valence-electron chi connectivity index (χ4n) is 2.83. The van der Waals surface area contributed by atoms with E-state index in [0.717, 1.165) is 28.4 Å². The summed E-state index contributed by atoms with van der Waals surface area (Å²) in [7, 11) is 3.26. The summed E-state index contributed by atoms with van der Waals surface area (Å²) >= 11 is 1.74. The maximum Gasteiger partial charge on any atom is 0.318 e. The first kappa shape index (κ1) is 17.5. The van der Waals surface area contributed by atoms with Crippen LogP contribution in [0.25, 0.3) is 0 Å². The first-order valence-corrected chi connectivity index (χ1v) is 9.19. The van der Waals surface area contributed by atoms with Gasteiger partial charge in [-0.1, -0.05) is 30.3 Å². The van der Waals surface area contributed by atoms with Gasteiger partial charge >= 0.3 is 6.03 Å². The second-order valence-electron chi connectivity index (χ2n) is 5.67. The largest absolute Gasteiger partial charge is 0.497 e. The van der Waals surface area contributed by atoms with Gasteiger partial charge in [-0.3, -0.25) is 0 Å². The Balaban J connectivity index is 1.73. The zero-order valence-electron chi connectivity index (χ0n) is 14.4. The molecular formula is C19H22N2O3S. The summed E-state index contributed by atoms with van der Waals surface area (Å²) in [5, 5.41) is 2.95. The summed E-state index contributed by atoms with van der Waals surface area (Å²) in [5.41, 5.74) is 2.07. The predicted molar refractivity (Wildman–Crippen MR) is 100 cm³/mol. The smallest absolute Gasteiger partial charge is 0.318 e. The van der Waals surface area contributed by atoms with Crippen LogP contribution in [0.4, 0.5) is 4.79 Å². The number of urea groups is 1. The highest BCUT2D eigenvalue weighted by Gasteiger charge is 2.32. The molecule has 0 unspecified atom stereocenters. The Bertz CT molecular complexity index is 724. The molecule has 0 spiro atoms. The molecule has 1 fully saturated rings. The number of ether oxygens (including phenoxy) is 2. The molecule has 0 bridgehead atoms. The van der Waals surface area contributed by atoms with Crippen LogP contribution in [0.3, 0.4) is 0 Å². The lowest BCUT2D eigenvalue weighted by Gasteiger charge is -2.26. The van der Waals surface area contributed by atoms with Gasteiger partial charge in [0.05, 0.1) is 14.2 Å². The monoisotopic (exact) mass is 358 g/mol. The Morgan fingerprint density at radius 1 is 1.20 bits per heavy atom. The normalized spacial score (nSPS) is 16.6. The highest BCUT2D eigenvalue weighted by molar-refractivity contribution is 7.99. The first-order chi connectivity index (χ1) is 12.2. The third-order valence-corrected chi connectivity index (χ3v) is 5.39. The van der Waals surface area contributed by atoms with Crippen molar-refractivity contribution in [1.29, 1.82) is 0 Å². The Kier molecular flexibility index (Phi) is 5.71. The summed E-state index contributed by atoms with van der Waals surface area (Å²) < 4.78 is 10.8. The van der Waals surface area contributed by atoms with Crippen LogP contribution in [0.15, 0.2) is 48.5 Å². The highest BCUT2D eigenvalue weighted by atomic mass is 32.2. The lowest BCUT2D eigenvalue weighted by Crippen LogP contribution is -2.39. The van der Waals surface area contributed by atoms with E-state index < -0.39 is 0 Å². The molecule has 5 nitrogen and oxygen atoms in total. The summed E-state index contributed by atoms with van der Waals surface area (Å²) in [4.78, 5) is 14.5. The molecule has 1 aliphatic heterocycles. The van der Waals surface area contributed by atoms with Gasteiger partial charge in [-0.2, -0.15) is 0 Å². The third-order valence-electron chi connectivity index (χ3n) is 4.15. The maximum absolute atomic E-state index is 12.7. The molecule has 25 heavy (non-hydrogen) atoms. The second-order valence-corrected chi connectivity index (χ2v) is 6.86. The van der Waals surface area contributed by atoms with Gasteiger partial charge in [-0.15, -0.1) is 11.8 Å². The Hall–Kier alpha value is -2.34. The van der Waals surface area contributed by atoms with E-state index in [1.807, 2.05) is 53.4 Å². The van der Waals surface area contributed by atoms with E-state index in [9.17, 15) is 4.79 Å². The number of nitrogens with one attached hydrogen (secondary N) is 1. The van der Waals surface area contributed by atoms with E-state index in [0.29, 0.717) is 13.1 Å². The van der Waals surface area contributed by atoms with E-state index >= 15 is 0 Å². The van der Waals surface area contributed by atoms with Gasteiger partial charge in [-0.05, 0) is 17.7 Å². The van der Waals surface area contributed by atoms with E-state index in [1.54, 1.807) is 26.0 Å². The van der Waals surface area contributed by atoms with Crippen molar-refractivity contribution in [2.45, 2.75) is 11.9 Å². The Labute approximate surface area is 152 Å². The molecule has 2 amide bonds. The summed E-state index contributed by atoms with van der Waals surface area (Å²) in [6.45, 7) is 1.23. The molecule has 0 aromatic heterocycles. The standard InChI is InChI=1S/C19H22N2O3S/c1-23-15-8-9-16(17(12-15)24-2)18-21(10-11-25-18)19(22)20-13-14-6-4-3-5-7-14/h3-9,12,18H,10-11,13H2,1-2H3,(H,20,22)/t18-/m1/s1. The van der Waals surface area contributed by atoms with Crippen molar-refractivity contribution in [2.75, 3.05) is 26.5 Å². The molecule has 3 rings (SSSR count). The number of carbonyl (C=O) groups is 1. The molecule has 2 aromatic rings. The fourth-order valence-corrected chi connectivity index (χ4v) is 4.11. The van der Waals surface area contributed by atoms with E-state index in [1.165, 1.54) is 0 Å². The lowest BCUT2D eigenvalue weighted by atomic mass is 10.1. The number of nitrogens with zero attached hydrogens (tertiary/aromatic N) is 1. The molecule has 0 aliphatic carbocycles. The average Bonchev–Trinajstić information content (AvgIpc) is 3.16. The van der Waals surface area contributed by atoms with Gasteiger partial charge in [0.25, 0.3) is 0 Å². The van der Waals surface area contributed by atoms with Gasteiger partial charge in [-0.25, -0.2) is 4.79 Å². The molecular weight excluding hydrogens is 336 g/mol. The number of benzene rings is 2. The molecule has 1 N–H and O–H groups in total. The minimum absolute atomic E-state index is 0.0586. The molecule has 0 radical (unpaired) electrons. The highest BCUT2D eigenvalue weighted by Crippen LogP contribution is 2.42. The SMILES string of the molecule is COc1ccc([C@H]2SCCN2C(=O)NCc2ccccc2)c(OC)c1. The number of amides is 2. The predicted octanol–water partition coefficient (Wildman–Crippen LogP) is 3.66. The average molecular weight is 358 g/mol. The van der Waals surface area contributed by atoms with Crippen LogP contribution in [0.1, 0.15) is 16.5 Å². The van der Waals surface area contributed by atoms with Crippen LogP contribution in [0.5, 0.6) is 11.5 Å². The van der Waals surface area contributed by atoms with Crippen molar-refractivity contribution in [1.82, 2.24) is 10.2 Å². The van der Waals surface area contributed by atoms with Gasteiger partial charge in [0.1, 0.15) is 16.9 Å². The van der Waals surface area contributed by atoms with Gasteiger partial charge in [0, 0.05) is 30.5 Å². The van der Waals surface area contributed by atoms with Crippen molar-refractivity contribution in [2.24, 2.45) is 0 Å². The molecule has 6 heteroatoms. The zero-order valence-corrected chi connectivity index (χ0v) is 15.2. The van der Waals surface area contributed by atoms with Gasteiger partial charge < -0.3 is 19.7 Å². The Morgan fingerprint density at radius 2 is 2.00 bits per heavy atom. The van der Waals surface area contributed by atoms with Crippen LogP contribution in [-0.2, 0) is 6.54 Å². The zero-order chi connectivity index (χ0) is 17.6. The Morgan fingerprint density at radius 3 is 2.72 bits per heavy atom. The minimum Gasteiger partial charge on any atom is -0.497 e. The fraction of sp³-hybridized carbons (Fsp3) is 0.316. The number of rotatable bonds is 5. The van der Waals surface area contributed by atoms with Crippen molar-refractivity contribution in [3.63, 3.8) is 0 Å². The topological polar surface area (TPSA) is 50.8 Å². The summed E-state index contributed by atoms with van der Waals surface area (Å²) in [6, 6.07) is 15.6. The first-order valence-electron chi connectivity index (χ1n) is 8.15. The summed E-state index contributed by atoms with van der Waals surface area (Å²) in [6.07, 6.45) is 0. The molecule has 1 heterocycles. The van der Waals surface area contributed by atoms with Crippen LogP contribution in [0.2, 0.25) is 0 Å². The third kappa shape index (κ3) is 4.02. The van der Waals surface area contributed by atoms with E-state index in [2.05, 4.69) is 5.32 Å². The van der Waals surface area contributed by atoms with Crippen LogP contribution in [0, 0.1) is 0 Å². The van der Waals surface area contributed by atoms with Crippen molar-refractivity contribution >= 4 is 17.8 Å². The van der Waals surface area contributed by atoms with Crippen molar-refractivity contribution in [3.05, 3.63) is 59.7 Å². The number of hydrogen-bond acceptors (Lipinski definition) is 4. The van der Waals surface area contributed by atoms with E-state index in [4.69, 9.17) is 9.47 Å². The number of methoxy groups -OCH3 is 2. The van der Waals surface area contributed by atoms with Crippen LogP contribution < -0.4 is 14.8 Å². The quantitative estimate of drug-likeness (QED) is 0.886. The molecule has 2 aromatic carbocycles. The number of carbonyl (C=O) groups excluding carboxylic acids is 1. The molecule has 1 atom stereocenters. The second kappa shape index (κ2) is 8.16. The molecule has 132 valence electrons. The number of thioether (sulfide) groups is 1. The van der Waals surface area contributed by atoms with Gasteiger partial charge in [0.2, 0.25) is 0 Å². The number of hydrogen-bond donors (Lipinski definition) is 1. The molecule has 1 aliphatic rings. The van der Waals surface area contributed by atoms with E-state index in [-0.39, 0.29) is 11.4 Å². The molecule has 0 saturated carbocycles. The van der Waals surface area contributed by atoms with Crippen molar-refractivity contribution in [3.8, 4) is 11.5 Å². The van der Waals surface area contributed by atoms with Gasteiger partial charge in [0.15, 0.2) is 0 Å². The van der Waals surface area contributed by atoms with Crippen LogP contribution >= 0.6 is 11.8 Å². The lowest BCUT2D eigenvalue weighted by molar-refractivity contribution is 0.199. The maximum atomic E-state index is 12.7. The van der Waals surface area contributed by atoms with Crippen molar-refractivity contribution < 1.29 is 14.3 Å². The molecule has 1 saturated heterocycles. The van der Waals surface area contributed by atoms with Crippen LogP contribution in [-0.4, -0.2) is 37.4 Å². The minimum atomic E-state index is -0.0587.